The summed E-state index contributed by atoms with van der Waals surface area (Å²) in [4.78, 5) is 11.9. The molecule has 1 rings (SSSR count). The van der Waals surface area contributed by atoms with Crippen LogP contribution in [-0.2, 0) is 15.8 Å². The molecule has 1 saturated carbocycles. The lowest BCUT2D eigenvalue weighted by Crippen LogP contribution is -2.35. The van der Waals surface area contributed by atoms with Crippen LogP contribution in [0.3, 0.4) is 0 Å². The quantitative estimate of drug-likeness (QED) is 0.792. The highest BCUT2D eigenvalue weighted by molar-refractivity contribution is 7.83. The van der Waals surface area contributed by atoms with Gasteiger partial charge in [-0.1, -0.05) is 27.7 Å². The van der Waals surface area contributed by atoms with Crippen molar-refractivity contribution in [3.05, 3.63) is 0 Å². The summed E-state index contributed by atoms with van der Waals surface area (Å²) >= 11 is 0. The van der Waals surface area contributed by atoms with Crippen molar-refractivity contribution in [3.8, 4) is 12.3 Å². The molecule has 0 aromatic rings. The second-order valence-electron chi connectivity index (χ2n) is 5.33. The highest BCUT2D eigenvalue weighted by Crippen LogP contribution is 2.33. The molecule has 116 valence electrons. The second-order valence-corrected chi connectivity index (χ2v) is 6.63. The molecule has 0 heterocycles. The number of carbonyl (C=O) groups is 1. The Hall–Kier alpha value is -0.820. The smallest absolute Gasteiger partial charge is 0.234 e. The average Bonchev–Trinajstić information content (AvgIpc) is 2.47. The third kappa shape index (κ3) is 7.09. The molecule has 1 amide bonds. The molecule has 1 aliphatic carbocycles. The molecule has 1 unspecified atom stereocenters. The predicted octanol–water partition coefficient (Wildman–Crippen LogP) is 3.28. The first-order valence-electron chi connectivity index (χ1n) is 7.67. The van der Waals surface area contributed by atoms with E-state index in [1.54, 1.807) is 0 Å². The van der Waals surface area contributed by atoms with Crippen molar-refractivity contribution in [1.29, 1.82) is 0 Å². The van der Waals surface area contributed by atoms with Gasteiger partial charge in [-0.15, -0.1) is 12.3 Å². The fraction of sp³-hybridized carbons (Fsp3) is 0.812. The topological polar surface area (TPSA) is 46.2 Å². The Labute approximate surface area is 126 Å². The van der Waals surface area contributed by atoms with Gasteiger partial charge in [-0.25, -0.2) is 4.21 Å². The summed E-state index contributed by atoms with van der Waals surface area (Å²) in [6.07, 6.45) is 9.58. The minimum Gasteiger partial charge on any atom is -0.275 e. The third-order valence-corrected chi connectivity index (χ3v) is 4.74. The van der Waals surface area contributed by atoms with Crippen LogP contribution in [0.15, 0.2) is 0 Å². The van der Waals surface area contributed by atoms with E-state index >= 15 is 0 Å². The van der Waals surface area contributed by atoms with E-state index in [2.05, 4.69) is 24.5 Å². The lowest BCUT2D eigenvalue weighted by Gasteiger charge is -2.29. The van der Waals surface area contributed by atoms with Gasteiger partial charge in [-0.3, -0.25) is 9.52 Å². The van der Waals surface area contributed by atoms with Crippen molar-refractivity contribution in [1.82, 2.24) is 4.72 Å². The maximum Gasteiger partial charge on any atom is 0.234 e. The van der Waals surface area contributed by atoms with E-state index in [1.165, 1.54) is 0 Å². The van der Waals surface area contributed by atoms with Gasteiger partial charge in [0.2, 0.25) is 5.91 Å². The Kier molecular flexibility index (Phi) is 10.5. The fourth-order valence-corrected chi connectivity index (χ4v) is 3.24. The van der Waals surface area contributed by atoms with Gasteiger partial charge < -0.3 is 0 Å². The molecule has 0 spiro atoms. The monoisotopic (exact) mass is 299 g/mol. The Morgan fingerprint density at radius 3 is 2.30 bits per heavy atom. The molecule has 1 fully saturated rings. The first-order chi connectivity index (χ1) is 9.54. The zero-order valence-corrected chi connectivity index (χ0v) is 14.1. The fourth-order valence-electron chi connectivity index (χ4n) is 2.45. The molecule has 20 heavy (non-hydrogen) atoms. The van der Waals surface area contributed by atoms with Crippen LogP contribution in [0.25, 0.3) is 0 Å². The lowest BCUT2D eigenvalue weighted by molar-refractivity contribution is -0.124. The van der Waals surface area contributed by atoms with E-state index in [0.29, 0.717) is 18.1 Å². The van der Waals surface area contributed by atoms with E-state index in [4.69, 9.17) is 6.42 Å². The van der Waals surface area contributed by atoms with Crippen LogP contribution in [0.5, 0.6) is 0 Å². The molecule has 0 aromatic carbocycles. The summed E-state index contributed by atoms with van der Waals surface area (Å²) in [5, 5.41) is 0. The minimum absolute atomic E-state index is 0.0368. The van der Waals surface area contributed by atoms with E-state index < -0.39 is 11.0 Å². The number of amides is 1. The number of carbonyl (C=O) groups excluding carboxylic acids is 1. The van der Waals surface area contributed by atoms with E-state index in [9.17, 15) is 9.00 Å². The van der Waals surface area contributed by atoms with E-state index in [1.807, 2.05) is 13.8 Å². The van der Waals surface area contributed by atoms with Crippen LogP contribution in [-0.4, -0.2) is 15.9 Å². The van der Waals surface area contributed by atoms with Crippen molar-refractivity contribution in [2.24, 2.45) is 17.8 Å². The van der Waals surface area contributed by atoms with Crippen molar-refractivity contribution in [3.63, 3.8) is 0 Å². The number of rotatable bonds is 5. The number of hydrogen-bond donors (Lipinski definition) is 1. The molecule has 0 bridgehead atoms. The molecule has 1 N–H and O–H groups in total. The van der Waals surface area contributed by atoms with Gasteiger partial charge in [-0.2, -0.15) is 0 Å². The molecule has 1 aliphatic rings. The van der Waals surface area contributed by atoms with Crippen LogP contribution in [0.1, 0.15) is 59.8 Å². The van der Waals surface area contributed by atoms with Crippen LogP contribution < -0.4 is 4.72 Å². The number of terminal acetylenes is 1. The highest BCUT2D eigenvalue weighted by atomic mass is 32.2. The van der Waals surface area contributed by atoms with Crippen molar-refractivity contribution < 1.29 is 9.00 Å². The summed E-state index contributed by atoms with van der Waals surface area (Å²) < 4.78 is 14.1. The lowest BCUT2D eigenvalue weighted by atomic mass is 9.77. The van der Waals surface area contributed by atoms with Gasteiger partial charge in [0.05, 0.1) is 5.75 Å². The van der Waals surface area contributed by atoms with Crippen LogP contribution in [0, 0.1) is 30.1 Å². The molecular weight excluding hydrogens is 270 g/mol. The highest BCUT2D eigenvalue weighted by Gasteiger charge is 2.28. The van der Waals surface area contributed by atoms with Gasteiger partial charge >= 0.3 is 0 Å². The summed E-state index contributed by atoms with van der Waals surface area (Å²) in [5.74, 6) is 4.18. The van der Waals surface area contributed by atoms with Gasteiger partial charge in [0.1, 0.15) is 11.0 Å². The molecular formula is C16H29NO2S. The summed E-state index contributed by atoms with van der Waals surface area (Å²) in [5.41, 5.74) is 0. The van der Waals surface area contributed by atoms with Gasteiger partial charge in [0, 0.05) is 12.3 Å². The van der Waals surface area contributed by atoms with Crippen LogP contribution in [0.2, 0.25) is 0 Å². The number of nitrogens with one attached hydrogen (secondary N) is 1. The molecule has 0 radical (unpaired) electrons. The SMILES string of the molecule is C#CCCS(=O)NC(=O)C1CCC(C(C)C)CC1.CC. The molecule has 0 saturated heterocycles. The van der Waals surface area contributed by atoms with Crippen LogP contribution >= 0.6 is 0 Å². The van der Waals surface area contributed by atoms with Gasteiger partial charge in [0.25, 0.3) is 0 Å². The predicted molar refractivity (Wildman–Crippen MR) is 86.2 cm³/mol. The molecule has 1 atom stereocenters. The summed E-state index contributed by atoms with van der Waals surface area (Å²) in [6.45, 7) is 8.47. The largest absolute Gasteiger partial charge is 0.275 e. The first kappa shape index (κ1) is 19.2. The Bertz CT molecular complexity index is 339. The Balaban J connectivity index is 0.00000172. The zero-order valence-electron chi connectivity index (χ0n) is 13.3. The normalized spacial score (nSPS) is 23.2. The van der Waals surface area contributed by atoms with E-state index in [-0.39, 0.29) is 11.8 Å². The summed E-state index contributed by atoms with van der Waals surface area (Å²) in [7, 11) is -1.31. The average molecular weight is 299 g/mol. The minimum atomic E-state index is -1.31. The van der Waals surface area contributed by atoms with Crippen molar-refractivity contribution in [2.75, 3.05) is 5.75 Å². The maximum absolute atomic E-state index is 11.9. The second kappa shape index (κ2) is 10.9. The molecule has 4 heteroatoms. The Morgan fingerprint density at radius 1 is 1.30 bits per heavy atom. The van der Waals surface area contributed by atoms with Crippen molar-refractivity contribution >= 4 is 16.9 Å². The van der Waals surface area contributed by atoms with Crippen LogP contribution in [0.4, 0.5) is 0 Å². The summed E-state index contributed by atoms with van der Waals surface area (Å²) in [6, 6.07) is 0. The maximum atomic E-state index is 11.9. The third-order valence-electron chi connectivity index (χ3n) is 3.73. The molecule has 0 aliphatic heterocycles. The number of hydrogen-bond acceptors (Lipinski definition) is 2. The van der Waals surface area contributed by atoms with Crippen molar-refractivity contribution in [2.45, 2.75) is 59.8 Å². The van der Waals surface area contributed by atoms with Gasteiger partial charge in [0.15, 0.2) is 0 Å². The van der Waals surface area contributed by atoms with Gasteiger partial charge in [-0.05, 0) is 37.5 Å². The zero-order chi connectivity index (χ0) is 15.5. The molecule has 3 nitrogen and oxygen atoms in total. The first-order valence-corrected chi connectivity index (χ1v) is 8.98. The standard InChI is InChI=1S/C14H23NO2S.C2H6/c1-4-5-10-18(17)15-14(16)13-8-6-12(7-9-13)11(2)3;1-2/h1,11-13H,5-10H2,2-3H3,(H,15,16);1-2H3. The van der Waals surface area contributed by atoms with E-state index in [0.717, 1.165) is 31.6 Å². The Morgan fingerprint density at radius 2 is 1.85 bits per heavy atom. The molecule has 0 aromatic heterocycles.